The topological polar surface area (TPSA) is 68.0 Å². The third-order valence-electron chi connectivity index (χ3n) is 2.44. The van der Waals surface area contributed by atoms with Crippen LogP contribution in [0.4, 0.5) is 5.69 Å². The zero-order valence-corrected chi connectivity index (χ0v) is 10.3. The minimum atomic E-state index is -0.227. The van der Waals surface area contributed by atoms with E-state index < -0.39 is 0 Å². The maximum Gasteiger partial charge on any atom is 0.253 e. The lowest BCUT2D eigenvalue weighted by Crippen LogP contribution is -2.23. The molecule has 0 aliphatic heterocycles. The molecule has 0 fully saturated rings. The van der Waals surface area contributed by atoms with Crippen LogP contribution in [0.2, 0.25) is 5.02 Å². The van der Waals surface area contributed by atoms with Crippen LogP contribution >= 0.6 is 11.6 Å². The molecule has 0 spiro atoms. The molecule has 5 heteroatoms. The van der Waals surface area contributed by atoms with Gasteiger partial charge in [-0.2, -0.15) is 0 Å². The van der Waals surface area contributed by atoms with Gasteiger partial charge in [-0.25, -0.2) is 0 Å². The van der Waals surface area contributed by atoms with Gasteiger partial charge in [-0.05, 0) is 23.8 Å². The molecule has 1 aromatic carbocycles. The van der Waals surface area contributed by atoms with Gasteiger partial charge < -0.3 is 11.1 Å². The molecular formula is C13H12ClN3O. The maximum atomic E-state index is 11.9. The summed E-state index contributed by atoms with van der Waals surface area (Å²) in [6, 6.07) is 8.90. The normalized spacial score (nSPS) is 10.1. The summed E-state index contributed by atoms with van der Waals surface area (Å²) in [5.41, 5.74) is 7.39. The predicted molar refractivity (Wildman–Crippen MR) is 71.3 cm³/mol. The van der Waals surface area contributed by atoms with Gasteiger partial charge in [-0.1, -0.05) is 23.7 Å². The van der Waals surface area contributed by atoms with Crippen LogP contribution in [0.5, 0.6) is 0 Å². The molecule has 0 saturated carbocycles. The van der Waals surface area contributed by atoms with Gasteiger partial charge in [0, 0.05) is 17.8 Å². The molecule has 18 heavy (non-hydrogen) atoms. The monoisotopic (exact) mass is 261 g/mol. The predicted octanol–water partition coefficient (Wildman–Crippen LogP) is 2.25. The molecule has 4 nitrogen and oxygen atoms in total. The zero-order chi connectivity index (χ0) is 13.0. The number of nitrogens with two attached hydrogens (primary N) is 1. The first kappa shape index (κ1) is 12.4. The number of amides is 1. The summed E-state index contributed by atoms with van der Waals surface area (Å²) < 4.78 is 0. The van der Waals surface area contributed by atoms with Gasteiger partial charge in [-0.15, -0.1) is 0 Å². The Bertz CT molecular complexity index is 572. The maximum absolute atomic E-state index is 11.9. The smallest absolute Gasteiger partial charge is 0.253 e. The van der Waals surface area contributed by atoms with Gasteiger partial charge in [0.15, 0.2) is 0 Å². The second kappa shape index (κ2) is 5.51. The number of aromatic nitrogens is 1. The molecule has 1 amide bonds. The van der Waals surface area contributed by atoms with Crippen molar-refractivity contribution in [1.29, 1.82) is 0 Å². The molecule has 3 N–H and O–H groups in total. The molecular weight excluding hydrogens is 250 g/mol. The number of nitrogens with one attached hydrogen (secondary N) is 1. The van der Waals surface area contributed by atoms with Gasteiger partial charge in [0.25, 0.3) is 5.91 Å². The Kier molecular flexibility index (Phi) is 3.79. The molecule has 1 aromatic heterocycles. The Morgan fingerprint density at radius 3 is 2.94 bits per heavy atom. The summed E-state index contributed by atoms with van der Waals surface area (Å²) in [7, 11) is 0. The quantitative estimate of drug-likeness (QED) is 0.890. The van der Waals surface area contributed by atoms with Crippen LogP contribution in [0.25, 0.3) is 0 Å². The van der Waals surface area contributed by atoms with E-state index in [4.69, 9.17) is 17.3 Å². The van der Waals surface area contributed by atoms with Crippen LogP contribution in [-0.2, 0) is 6.54 Å². The van der Waals surface area contributed by atoms with E-state index in [-0.39, 0.29) is 5.91 Å². The number of carbonyl (C=O) groups excluding carboxylic acids is 1. The third-order valence-corrected chi connectivity index (χ3v) is 2.67. The van der Waals surface area contributed by atoms with Gasteiger partial charge in [0.1, 0.15) is 0 Å². The van der Waals surface area contributed by atoms with E-state index in [0.717, 1.165) is 5.56 Å². The highest BCUT2D eigenvalue weighted by molar-refractivity contribution is 6.30. The molecule has 0 saturated heterocycles. The summed E-state index contributed by atoms with van der Waals surface area (Å²) in [4.78, 5) is 15.7. The van der Waals surface area contributed by atoms with Crippen LogP contribution in [-0.4, -0.2) is 10.9 Å². The van der Waals surface area contributed by atoms with Gasteiger partial charge in [0.2, 0.25) is 0 Å². The van der Waals surface area contributed by atoms with Crippen LogP contribution < -0.4 is 11.1 Å². The second-order valence-electron chi connectivity index (χ2n) is 3.78. The molecule has 0 aliphatic rings. The number of benzene rings is 1. The first-order valence-electron chi connectivity index (χ1n) is 5.39. The van der Waals surface area contributed by atoms with Crippen molar-refractivity contribution in [3.8, 4) is 0 Å². The highest BCUT2D eigenvalue weighted by Gasteiger charge is 2.08. The fourth-order valence-corrected chi connectivity index (χ4v) is 1.75. The van der Waals surface area contributed by atoms with E-state index in [2.05, 4.69) is 10.3 Å². The van der Waals surface area contributed by atoms with Crippen molar-refractivity contribution in [2.24, 2.45) is 0 Å². The summed E-state index contributed by atoms with van der Waals surface area (Å²) in [5, 5.41) is 3.42. The molecule has 0 bridgehead atoms. The van der Waals surface area contributed by atoms with Gasteiger partial charge >= 0.3 is 0 Å². The fraction of sp³-hybridized carbons (Fsp3) is 0.0769. The number of halogens is 1. The lowest BCUT2D eigenvalue weighted by atomic mass is 10.2. The minimum absolute atomic E-state index is 0.227. The molecule has 1 heterocycles. The van der Waals surface area contributed by atoms with E-state index in [9.17, 15) is 4.79 Å². The van der Waals surface area contributed by atoms with Crippen LogP contribution in [0, 0.1) is 0 Å². The lowest BCUT2D eigenvalue weighted by Gasteiger charge is -2.07. The van der Waals surface area contributed by atoms with E-state index in [1.807, 2.05) is 12.1 Å². The number of nitrogens with zero attached hydrogens (tertiary/aromatic N) is 1. The molecule has 0 unspecified atom stereocenters. The average Bonchev–Trinajstić information content (AvgIpc) is 2.37. The first-order chi connectivity index (χ1) is 8.66. The SMILES string of the molecule is Nc1cnccc1C(=O)NCc1cccc(Cl)c1. The number of carbonyl (C=O) groups is 1. The molecule has 2 aromatic rings. The van der Waals surface area contributed by atoms with Crippen molar-refractivity contribution in [2.45, 2.75) is 6.54 Å². The molecule has 0 aliphatic carbocycles. The van der Waals surface area contributed by atoms with E-state index >= 15 is 0 Å². The number of anilines is 1. The number of pyridine rings is 1. The van der Waals surface area contributed by atoms with Gasteiger partial charge in [-0.3, -0.25) is 9.78 Å². The summed E-state index contributed by atoms with van der Waals surface area (Å²) in [6.45, 7) is 0.404. The van der Waals surface area contributed by atoms with Crippen molar-refractivity contribution < 1.29 is 4.79 Å². The largest absolute Gasteiger partial charge is 0.397 e. The summed E-state index contributed by atoms with van der Waals surface area (Å²) >= 11 is 5.86. The molecule has 0 radical (unpaired) electrons. The highest BCUT2D eigenvalue weighted by atomic mass is 35.5. The number of hydrogen-bond donors (Lipinski definition) is 2. The second-order valence-corrected chi connectivity index (χ2v) is 4.21. The first-order valence-corrected chi connectivity index (χ1v) is 5.77. The number of nitrogen functional groups attached to an aromatic ring is 1. The number of hydrogen-bond acceptors (Lipinski definition) is 3. The lowest BCUT2D eigenvalue weighted by molar-refractivity contribution is 0.0951. The Hall–Kier alpha value is -2.07. The summed E-state index contributed by atoms with van der Waals surface area (Å²) in [6.07, 6.45) is 2.99. The average molecular weight is 262 g/mol. The summed E-state index contributed by atoms with van der Waals surface area (Å²) in [5.74, 6) is -0.227. The zero-order valence-electron chi connectivity index (χ0n) is 9.56. The third kappa shape index (κ3) is 2.99. The van der Waals surface area contributed by atoms with Crippen LogP contribution in [0.15, 0.2) is 42.7 Å². The van der Waals surface area contributed by atoms with Crippen molar-refractivity contribution >= 4 is 23.2 Å². The Morgan fingerprint density at radius 2 is 2.22 bits per heavy atom. The number of rotatable bonds is 3. The molecule has 92 valence electrons. The van der Waals surface area contributed by atoms with Crippen molar-refractivity contribution in [3.63, 3.8) is 0 Å². The molecule has 0 atom stereocenters. The van der Waals surface area contributed by atoms with Crippen molar-refractivity contribution in [1.82, 2.24) is 10.3 Å². The van der Waals surface area contributed by atoms with E-state index in [1.165, 1.54) is 12.4 Å². The molecule has 2 rings (SSSR count). The fourth-order valence-electron chi connectivity index (χ4n) is 1.54. The standard InChI is InChI=1S/C13H12ClN3O/c14-10-3-1-2-9(6-10)7-17-13(18)11-4-5-16-8-12(11)15/h1-6,8H,7,15H2,(H,17,18). The Balaban J connectivity index is 2.03. The highest BCUT2D eigenvalue weighted by Crippen LogP contribution is 2.11. The van der Waals surface area contributed by atoms with Crippen molar-refractivity contribution in [3.05, 3.63) is 58.9 Å². The Labute approximate surface area is 110 Å². The Morgan fingerprint density at radius 1 is 1.39 bits per heavy atom. The van der Waals surface area contributed by atoms with Gasteiger partial charge in [0.05, 0.1) is 17.4 Å². The van der Waals surface area contributed by atoms with Crippen molar-refractivity contribution in [2.75, 3.05) is 5.73 Å². The van der Waals surface area contributed by atoms with Crippen LogP contribution in [0.3, 0.4) is 0 Å². The van der Waals surface area contributed by atoms with Crippen LogP contribution in [0.1, 0.15) is 15.9 Å². The van der Waals surface area contributed by atoms with E-state index in [0.29, 0.717) is 22.8 Å². The van der Waals surface area contributed by atoms with E-state index in [1.54, 1.807) is 18.2 Å². The minimum Gasteiger partial charge on any atom is -0.397 e.